The first-order chi connectivity index (χ1) is 12.6. The van der Waals surface area contributed by atoms with Crippen LogP contribution in [0.25, 0.3) is 0 Å². The Bertz CT molecular complexity index is 868. The molecule has 7 heteroatoms. The predicted octanol–water partition coefficient (Wildman–Crippen LogP) is 4.09. The van der Waals surface area contributed by atoms with Crippen molar-refractivity contribution in [1.29, 1.82) is 0 Å². The molecule has 138 valence electrons. The Kier molecular flexibility index (Phi) is 7.23. The van der Waals surface area contributed by atoms with E-state index in [1.54, 1.807) is 36.4 Å². The van der Waals surface area contributed by atoms with Gasteiger partial charge in [-0.2, -0.15) is 36.4 Å². The average molecular weight is 404 g/mol. The Morgan fingerprint density at radius 3 is 2.33 bits per heavy atom. The fourth-order valence-electron chi connectivity index (χ4n) is 2.51. The van der Waals surface area contributed by atoms with Gasteiger partial charge >= 0.3 is 17.1 Å². The number of nitrogens with zero attached hydrogens (tertiary/aromatic N) is 2. The molecule has 0 saturated carbocycles. The van der Waals surface area contributed by atoms with Crippen LogP contribution in [-0.2, 0) is 21.9 Å². The van der Waals surface area contributed by atoms with Gasteiger partial charge in [0.05, 0.1) is 10.6 Å². The van der Waals surface area contributed by atoms with Crippen molar-refractivity contribution in [3.63, 3.8) is 0 Å². The van der Waals surface area contributed by atoms with Crippen molar-refractivity contribution in [2.24, 2.45) is 5.16 Å². The van der Waals surface area contributed by atoms with Crippen molar-refractivity contribution >= 4 is 17.2 Å². The van der Waals surface area contributed by atoms with E-state index in [0.29, 0.717) is 17.7 Å². The quantitative estimate of drug-likeness (QED) is 0.216. The molecule has 0 saturated heterocycles. The van der Waals surface area contributed by atoms with Crippen LogP contribution < -0.4 is 0 Å². The number of benzene rings is 1. The van der Waals surface area contributed by atoms with Gasteiger partial charge in [-0.3, -0.25) is 10.1 Å². The van der Waals surface area contributed by atoms with Gasteiger partial charge in [0.2, 0.25) is 0 Å². The number of Topliss-reactive ketones (excluding diaryl/α,β-unsaturated/α-hetero) is 1. The summed E-state index contributed by atoms with van der Waals surface area (Å²) >= 11 is 0. The maximum absolute atomic E-state index is 12.1. The van der Waals surface area contributed by atoms with Gasteiger partial charge in [-0.05, 0) is 17.7 Å². The number of rotatable bonds is 4. The molecule has 0 amide bonds. The molecule has 1 atom stereocenters. The second kappa shape index (κ2) is 9.61. The molecule has 0 aromatic heterocycles. The maximum Gasteiger partial charge on any atom is 2.00 e. The number of ketones is 1. The number of nitro benzene ring substituents is 1. The monoisotopic (exact) mass is 404 g/mol. The van der Waals surface area contributed by atoms with Gasteiger partial charge in [0, 0.05) is 18.6 Å². The minimum absolute atomic E-state index is 0. The predicted molar refractivity (Wildman–Crippen MR) is 97.5 cm³/mol. The van der Waals surface area contributed by atoms with Crippen molar-refractivity contribution in [3.8, 4) is 0 Å². The van der Waals surface area contributed by atoms with Gasteiger partial charge < -0.3 is 9.63 Å². The molecule has 0 fully saturated rings. The number of hydrogen-bond donors (Lipinski definition) is 0. The molecule has 1 heterocycles. The number of non-ortho nitro benzene ring substituents is 1. The molecule has 1 aliphatic rings. The minimum atomic E-state index is -0.627. The molecule has 3 aromatic rings. The average Bonchev–Trinajstić information content (AvgIpc) is 3.45. The summed E-state index contributed by atoms with van der Waals surface area (Å²) in [5.41, 5.74) is 1.95. The van der Waals surface area contributed by atoms with Gasteiger partial charge in [-0.1, -0.05) is 5.16 Å². The number of carbonyl (C=O) groups is 1. The third-order valence-electron chi connectivity index (χ3n) is 3.88. The molecule has 0 bridgehead atoms. The third-order valence-corrected chi connectivity index (χ3v) is 3.88. The van der Waals surface area contributed by atoms with Gasteiger partial charge in [0.15, 0.2) is 6.10 Å². The third kappa shape index (κ3) is 5.23. The molecular formula is C20H16FeN2O4. The molecule has 0 spiro atoms. The zero-order valence-electron chi connectivity index (χ0n) is 14.2. The fourth-order valence-corrected chi connectivity index (χ4v) is 2.51. The second-order valence-electron chi connectivity index (χ2n) is 5.64. The van der Waals surface area contributed by atoms with Crippen LogP contribution >= 0.6 is 0 Å². The number of nitro groups is 1. The topological polar surface area (TPSA) is 81.8 Å². The first-order valence-electron chi connectivity index (χ1n) is 8.05. The summed E-state index contributed by atoms with van der Waals surface area (Å²) in [4.78, 5) is 27.5. The van der Waals surface area contributed by atoms with Crippen LogP contribution in [0.15, 0.2) is 84.0 Å². The first-order valence-corrected chi connectivity index (χ1v) is 8.05. The van der Waals surface area contributed by atoms with E-state index < -0.39 is 11.0 Å². The molecule has 3 aromatic carbocycles. The zero-order valence-corrected chi connectivity index (χ0v) is 15.3. The van der Waals surface area contributed by atoms with Crippen molar-refractivity contribution in [3.05, 3.63) is 100 Å². The van der Waals surface area contributed by atoms with E-state index in [2.05, 4.69) is 5.16 Å². The Morgan fingerprint density at radius 2 is 1.81 bits per heavy atom. The fraction of sp³-hybridized carbons (Fsp3) is 0.100. The molecular weight excluding hydrogens is 388 g/mol. The van der Waals surface area contributed by atoms with Crippen LogP contribution in [-0.4, -0.2) is 22.5 Å². The summed E-state index contributed by atoms with van der Waals surface area (Å²) in [6.07, 6.45) is -0.264. The summed E-state index contributed by atoms with van der Waals surface area (Å²) in [5, 5.41) is 14.5. The van der Waals surface area contributed by atoms with Crippen LogP contribution in [0.2, 0.25) is 0 Å². The minimum Gasteiger partial charge on any atom is -0.393 e. The standard InChI is InChI=1S/C15H11N2O4.C5H5.Fe/c18-15(11-3-1-2-4-11)14-9-13(16-21-14)10-5-7-12(8-6-10)17(19)20;1-2-4-5-3-1;/h1-8,14H,9H2;1-5H;/q2*-1;+2. The molecule has 27 heavy (non-hydrogen) atoms. The van der Waals surface area contributed by atoms with E-state index in [1.807, 2.05) is 30.3 Å². The van der Waals surface area contributed by atoms with Crippen LogP contribution in [0.5, 0.6) is 0 Å². The summed E-state index contributed by atoms with van der Waals surface area (Å²) in [5.74, 6) is -0.110. The Balaban J connectivity index is 0.000000379. The number of carbonyl (C=O) groups excluding carboxylic acids is 1. The summed E-state index contributed by atoms with van der Waals surface area (Å²) in [6, 6.07) is 23.1. The normalized spacial score (nSPS) is 14.8. The largest absolute Gasteiger partial charge is 2.00 e. The van der Waals surface area contributed by atoms with Crippen LogP contribution in [0.4, 0.5) is 5.69 Å². The number of oxime groups is 1. The SMILES string of the molecule is O=C(c1ccc[cH-]1)C1CC(c2ccc([N+](=O)[O-])cc2)=NO1.[Fe+2].c1cc[cH-]c1. The van der Waals surface area contributed by atoms with E-state index in [9.17, 15) is 14.9 Å². The molecule has 1 unspecified atom stereocenters. The molecule has 4 rings (SSSR count). The summed E-state index contributed by atoms with van der Waals surface area (Å²) in [7, 11) is 0. The van der Waals surface area contributed by atoms with Gasteiger partial charge in [0.1, 0.15) is 5.78 Å². The summed E-state index contributed by atoms with van der Waals surface area (Å²) in [6.45, 7) is 0. The Morgan fingerprint density at radius 1 is 1.11 bits per heavy atom. The molecule has 1 aliphatic heterocycles. The van der Waals surface area contributed by atoms with Crippen LogP contribution in [0, 0.1) is 10.1 Å². The van der Waals surface area contributed by atoms with Crippen molar-refractivity contribution in [2.75, 3.05) is 0 Å². The van der Waals surface area contributed by atoms with Crippen molar-refractivity contribution < 1.29 is 31.6 Å². The molecule has 0 radical (unpaired) electrons. The molecule has 0 aliphatic carbocycles. The smallest absolute Gasteiger partial charge is 0.393 e. The van der Waals surface area contributed by atoms with Gasteiger partial charge in [-0.25, -0.2) is 12.1 Å². The van der Waals surface area contributed by atoms with Gasteiger partial charge in [0.25, 0.3) is 5.69 Å². The number of hydrogen-bond acceptors (Lipinski definition) is 5. The Hall–Kier alpha value is -3.02. The van der Waals surface area contributed by atoms with E-state index in [-0.39, 0.29) is 28.5 Å². The first kappa shape index (κ1) is 20.3. The van der Waals surface area contributed by atoms with E-state index in [0.717, 1.165) is 5.56 Å². The van der Waals surface area contributed by atoms with Crippen LogP contribution in [0.1, 0.15) is 22.3 Å². The van der Waals surface area contributed by atoms with Gasteiger partial charge in [-0.15, -0.1) is 11.6 Å². The Labute approximate surface area is 166 Å². The van der Waals surface area contributed by atoms with E-state index in [4.69, 9.17) is 4.84 Å². The van der Waals surface area contributed by atoms with Crippen molar-refractivity contribution in [2.45, 2.75) is 12.5 Å². The second-order valence-corrected chi connectivity index (χ2v) is 5.64. The van der Waals surface area contributed by atoms with Crippen molar-refractivity contribution in [1.82, 2.24) is 0 Å². The van der Waals surface area contributed by atoms with E-state index >= 15 is 0 Å². The maximum atomic E-state index is 12.1. The van der Waals surface area contributed by atoms with E-state index in [1.165, 1.54) is 12.1 Å². The summed E-state index contributed by atoms with van der Waals surface area (Å²) < 4.78 is 0. The molecule has 6 nitrogen and oxygen atoms in total. The molecule has 0 N–H and O–H groups in total. The zero-order chi connectivity index (χ0) is 18.4. The van der Waals surface area contributed by atoms with Crippen LogP contribution in [0.3, 0.4) is 0 Å².